The first-order valence-corrected chi connectivity index (χ1v) is 3.48. The number of nitrogens with one attached hydrogen (secondary N) is 1. The van der Waals surface area contributed by atoms with Gasteiger partial charge in [-0.3, -0.25) is 4.79 Å². The Labute approximate surface area is 61.8 Å². The van der Waals surface area contributed by atoms with Crippen LogP contribution in [0.2, 0.25) is 0 Å². The monoisotopic (exact) mass is 145 g/mol. The lowest BCUT2D eigenvalue weighted by atomic mass is 10.2. The zero-order valence-corrected chi connectivity index (χ0v) is 6.59. The molecule has 3 heteroatoms. The van der Waals surface area contributed by atoms with Gasteiger partial charge in [0.1, 0.15) is 0 Å². The number of hydrogen-bond donors (Lipinski definition) is 1. The first kappa shape index (κ1) is 9.43. The summed E-state index contributed by atoms with van der Waals surface area (Å²) >= 11 is 0. The van der Waals surface area contributed by atoms with E-state index >= 15 is 0 Å². The van der Waals surface area contributed by atoms with Crippen LogP contribution in [-0.4, -0.2) is 26.7 Å². The first-order valence-electron chi connectivity index (χ1n) is 3.48. The molecule has 0 bridgehead atoms. The molecular weight excluding hydrogens is 130 g/mol. The highest BCUT2D eigenvalue weighted by molar-refractivity contribution is 5.36. The zero-order valence-electron chi connectivity index (χ0n) is 6.59. The van der Waals surface area contributed by atoms with Crippen LogP contribution in [0.25, 0.3) is 0 Å². The lowest BCUT2D eigenvalue weighted by molar-refractivity contribution is -0.126. The predicted molar refractivity (Wildman–Crippen MR) is 39.7 cm³/mol. The Morgan fingerprint density at radius 1 is 1.70 bits per heavy atom. The number of rotatable bonds is 1. The van der Waals surface area contributed by atoms with Crippen molar-refractivity contribution in [3.05, 3.63) is 0 Å². The van der Waals surface area contributed by atoms with Gasteiger partial charge in [0, 0.05) is 0 Å². The summed E-state index contributed by atoms with van der Waals surface area (Å²) in [6.07, 6.45) is 1.38. The number of carbonyl (C=O) groups excluding carboxylic acids is 1. The average molecular weight is 145 g/mol. The van der Waals surface area contributed by atoms with Gasteiger partial charge in [-0.1, -0.05) is 6.92 Å². The highest BCUT2D eigenvalue weighted by Crippen LogP contribution is 2.03. The molecule has 0 aliphatic carbocycles. The fourth-order valence-corrected chi connectivity index (χ4v) is 0.799. The van der Waals surface area contributed by atoms with Crippen molar-refractivity contribution in [3.63, 3.8) is 0 Å². The third-order valence-electron chi connectivity index (χ3n) is 1.40. The van der Waals surface area contributed by atoms with Crippen LogP contribution in [0.5, 0.6) is 0 Å². The SMILES string of the molecule is COC=O.C[C@H]1CCNC1. The van der Waals surface area contributed by atoms with Crippen molar-refractivity contribution >= 4 is 6.47 Å². The fraction of sp³-hybridized carbons (Fsp3) is 0.857. The molecule has 60 valence electrons. The van der Waals surface area contributed by atoms with Crippen LogP contribution in [-0.2, 0) is 9.53 Å². The van der Waals surface area contributed by atoms with E-state index in [1.807, 2.05) is 0 Å². The molecule has 10 heavy (non-hydrogen) atoms. The summed E-state index contributed by atoms with van der Waals surface area (Å²) in [6.45, 7) is 5.13. The first-order chi connectivity index (χ1) is 4.81. The number of hydrogen-bond acceptors (Lipinski definition) is 3. The lowest BCUT2D eigenvalue weighted by Gasteiger charge is -1.90. The molecule has 1 saturated heterocycles. The van der Waals surface area contributed by atoms with Crippen LogP contribution in [0.15, 0.2) is 0 Å². The highest BCUT2D eigenvalue weighted by Gasteiger charge is 2.06. The maximum Gasteiger partial charge on any atom is 0.292 e. The van der Waals surface area contributed by atoms with Crippen LogP contribution in [0.1, 0.15) is 13.3 Å². The van der Waals surface area contributed by atoms with Gasteiger partial charge in [-0.05, 0) is 25.4 Å². The van der Waals surface area contributed by atoms with Gasteiger partial charge in [-0.15, -0.1) is 0 Å². The molecule has 1 rings (SSSR count). The van der Waals surface area contributed by atoms with Gasteiger partial charge in [-0.2, -0.15) is 0 Å². The Morgan fingerprint density at radius 2 is 2.30 bits per heavy atom. The van der Waals surface area contributed by atoms with Gasteiger partial charge < -0.3 is 10.1 Å². The van der Waals surface area contributed by atoms with E-state index in [1.54, 1.807) is 0 Å². The molecule has 0 unspecified atom stereocenters. The van der Waals surface area contributed by atoms with Crippen molar-refractivity contribution in [2.45, 2.75) is 13.3 Å². The maximum atomic E-state index is 8.95. The molecule has 1 heterocycles. The summed E-state index contributed by atoms with van der Waals surface area (Å²) in [6, 6.07) is 0. The Kier molecular flexibility index (Phi) is 6.18. The van der Waals surface area contributed by atoms with Gasteiger partial charge in [0.25, 0.3) is 6.47 Å². The summed E-state index contributed by atoms with van der Waals surface area (Å²) in [5.74, 6) is 0.935. The van der Waals surface area contributed by atoms with Crippen molar-refractivity contribution < 1.29 is 9.53 Å². The molecule has 0 aromatic heterocycles. The van der Waals surface area contributed by atoms with Gasteiger partial charge >= 0.3 is 0 Å². The molecule has 1 N–H and O–H groups in total. The van der Waals surface area contributed by atoms with Crippen LogP contribution < -0.4 is 5.32 Å². The van der Waals surface area contributed by atoms with Gasteiger partial charge in [-0.25, -0.2) is 0 Å². The van der Waals surface area contributed by atoms with Crippen molar-refractivity contribution in [3.8, 4) is 0 Å². The van der Waals surface area contributed by atoms with Crippen LogP contribution in [0.4, 0.5) is 0 Å². The third-order valence-corrected chi connectivity index (χ3v) is 1.40. The van der Waals surface area contributed by atoms with E-state index in [2.05, 4.69) is 17.0 Å². The zero-order chi connectivity index (χ0) is 7.82. The smallest absolute Gasteiger partial charge is 0.292 e. The van der Waals surface area contributed by atoms with E-state index in [1.165, 1.54) is 26.6 Å². The number of carbonyl (C=O) groups is 1. The molecule has 0 radical (unpaired) electrons. The fourth-order valence-electron chi connectivity index (χ4n) is 0.799. The molecule has 1 aliphatic rings. The molecule has 1 aliphatic heterocycles. The number of methoxy groups -OCH3 is 1. The quantitative estimate of drug-likeness (QED) is 0.543. The summed E-state index contributed by atoms with van der Waals surface area (Å²) < 4.78 is 3.86. The second-order valence-corrected chi connectivity index (χ2v) is 2.43. The second-order valence-electron chi connectivity index (χ2n) is 2.43. The minimum atomic E-state index is 0.375. The van der Waals surface area contributed by atoms with Crippen LogP contribution >= 0.6 is 0 Å². The number of ether oxygens (including phenoxy) is 1. The van der Waals surface area contributed by atoms with Gasteiger partial charge in [0.2, 0.25) is 0 Å². The third kappa shape index (κ3) is 5.56. The summed E-state index contributed by atoms with van der Waals surface area (Å²) in [5, 5.41) is 3.27. The predicted octanol–water partition coefficient (Wildman–Crippen LogP) is 0.405. The molecule has 0 spiro atoms. The minimum absolute atomic E-state index is 0.375. The van der Waals surface area contributed by atoms with Crippen LogP contribution in [0.3, 0.4) is 0 Å². The Balaban J connectivity index is 0.000000180. The Bertz CT molecular complexity index is 79.7. The van der Waals surface area contributed by atoms with Crippen molar-refractivity contribution in [1.29, 1.82) is 0 Å². The Morgan fingerprint density at radius 3 is 2.40 bits per heavy atom. The van der Waals surface area contributed by atoms with E-state index < -0.39 is 0 Å². The maximum absolute atomic E-state index is 8.95. The van der Waals surface area contributed by atoms with Crippen molar-refractivity contribution in [1.82, 2.24) is 5.32 Å². The van der Waals surface area contributed by atoms with Gasteiger partial charge in [0.15, 0.2) is 0 Å². The molecule has 1 atom stereocenters. The normalized spacial score (nSPS) is 22.8. The molecule has 0 aromatic rings. The summed E-state index contributed by atoms with van der Waals surface area (Å²) in [7, 11) is 1.31. The average Bonchev–Trinajstić information content (AvgIpc) is 2.40. The summed E-state index contributed by atoms with van der Waals surface area (Å²) in [5.41, 5.74) is 0. The Hall–Kier alpha value is -0.570. The topological polar surface area (TPSA) is 38.3 Å². The minimum Gasteiger partial charge on any atom is -0.471 e. The van der Waals surface area contributed by atoms with E-state index in [0.29, 0.717) is 6.47 Å². The largest absolute Gasteiger partial charge is 0.471 e. The van der Waals surface area contributed by atoms with Gasteiger partial charge in [0.05, 0.1) is 7.11 Å². The van der Waals surface area contributed by atoms with E-state index in [9.17, 15) is 0 Å². The van der Waals surface area contributed by atoms with E-state index in [-0.39, 0.29) is 0 Å². The van der Waals surface area contributed by atoms with Crippen LogP contribution in [0, 0.1) is 5.92 Å². The second kappa shape index (κ2) is 6.55. The van der Waals surface area contributed by atoms with E-state index in [0.717, 1.165) is 5.92 Å². The van der Waals surface area contributed by atoms with E-state index in [4.69, 9.17) is 4.79 Å². The highest BCUT2D eigenvalue weighted by atomic mass is 16.5. The van der Waals surface area contributed by atoms with Crippen molar-refractivity contribution in [2.75, 3.05) is 20.2 Å². The van der Waals surface area contributed by atoms with Crippen molar-refractivity contribution in [2.24, 2.45) is 5.92 Å². The molecule has 3 nitrogen and oxygen atoms in total. The molecule has 0 aromatic carbocycles. The molecule has 1 fully saturated rings. The molecule has 0 saturated carbocycles. The standard InChI is InChI=1S/C5H11N.C2H4O2/c1-5-2-3-6-4-5;1-4-2-3/h5-6H,2-4H2,1H3;2H,1H3/t5-;/m0./s1. The molecular formula is C7H15NO2. The summed E-state index contributed by atoms with van der Waals surface area (Å²) in [4.78, 5) is 8.95. The lowest BCUT2D eigenvalue weighted by Crippen LogP contribution is -2.06. The molecule has 0 amide bonds.